The van der Waals surface area contributed by atoms with Crippen LogP contribution in [0.15, 0.2) is 48.9 Å². The molecule has 3 aromatic heterocycles. The second-order valence-electron chi connectivity index (χ2n) is 7.77. The quantitative estimate of drug-likeness (QED) is 0.621. The molecule has 3 aromatic rings. The summed E-state index contributed by atoms with van der Waals surface area (Å²) in [6.45, 7) is 4.19. The molecule has 2 amide bonds. The third kappa shape index (κ3) is 5.03. The lowest BCUT2D eigenvalue weighted by atomic mass is 9.90. The standard InChI is InChI=1S/C23H26N8O/c1-2-25-23(32)29-21-15-18(6-10-26-21)14-17-7-12-30(13-8-17)20-4-5-22(28-19(20)16-24)31-11-3-9-27-31/h3-6,9-11,15,17H,2,7-8,12-14H2,1H3,(H2,25,26,29,32). The molecule has 0 bridgehead atoms. The number of nitriles is 1. The van der Waals surface area contributed by atoms with Crippen molar-refractivity contribution < 1.29 is 4.79 Å². The molecule has 32 heavy (non-hydrogen) atoms. The van der Waals surface area contributed by atoms with Gasteiger partial charge in [-0.3, -0.25) is 5.32 Å². The van der Waals surface area contributed by atoms with E-state index in [-0.39, 0.29) is 6.03 Å². The zero-order valence-corrected chi connectivity index (χ0v) is 18.0. The molecule has 4 rings (SSSR count). The first kappa shape index (κ1) is 21.3. The van der Waals surface area contributed by atoms with Crippen LogP contribution in [-0.2, 0) is 6.42 Å². The van der Waals surface area contributed by atoms with E-state index in [0.29, 0.717) is 29.8 Å². The monoisotopic (exact) mass is 430 g/mol. The highest BCUT2D eigenvalue weighted by Crippen LogP contribution is 2.28. The Morgan fingerprint density at radius 2 is 2.09 bits per heavy atom. The summed E-state index contributed by atoms with van der Waals surface area (Å²) in [5.74, 6) is 1.74. The lowest BCUT2D eigenvalue weighted by Crippen LogP contribution is -2.35. The molecule has 9 heteroatoms. The van der Waals surface area contributed by atoms with Gasteiger partial charge in [0, 0.05) is 38.2 Å². The van der Waals surface area contributed by atoms with Gasteiger partial charge in [0.25, 0.3) is 0 Å². The summed E-state index contributed by atoms with van der Waals surface area (Å²) in [7, 11) is 0. The second-order valence-corrected chi connectivity index (χ2v) is 7.77. The largest absolute Gasteiger partial charge is 0.369 e. The van der Waals surface area contributed by atoms with Crippen molar-refractivity contribution in [3.8, 4) is 11.9 Å². The first-order chi connectivity index (χ1) is 15.7. The van der Waals surface area contributed by atoms with E-state index in [9.17, 15) is 10.1 Å². The summed E-state index contributed by atoms with van der Waals surface area (Å²) in [6.07, 6.45) is 8.21. The number of anilines is 2. The Morgan fingerprint density at radius 3 is 2.81 bits per heavy atom. The van der Waals surface area contributed by atoms with Gasteiger partial charge >= 0.3 is 6.03 Å². The Labute approximate surface area is 187 Å². The minimum atomic E-state index is -0.245. The lowest BCUT2D eigenvalue weighted by Gasteiger charge is -2.34. The van der Waals surface area contributed by atoms with Crippen LogP contribution in [-0.4, -0.2) is 45.4 Å². The van der Waals surface area contributed by atoms with Gasteiger partial charge < -0.3 is 10.2 Å². The van der Waals surface area contributed by atoms with Crippen molar-refractivity contribution in [1.82, 2.24) is 25.1 Å². The molecule has 2 N–H and O–H groups in total. The summed E-state index contributed by atoms with van der Waals surface area (Å²) in [4.78, 5) is 22.7. The van der Waals surface area contributed by atoms with Gasteiger partial charge in [-0.05, 0) is 68.0 Å². The van der Waals surface area contributed by atoms with Crippen LogP contribution >= 0.6 is 0 Å². The number of nitrogens with one attached hydrogen (secondary N) is 2. The Bertz CT molecular complexity index is 1100. The van der Waals surface area contributed by atoms with Crippen molar-refractivity contribution >= 4 is 17.5 Å². The molecule has 9 nitrogen and oxygen atoms in total. The third-order valence-corrected chi connectivity index (χ3v) is 5.59. The van der Waals surface area contributed by atoms with Crippen molar-refractivity contribution in [1.29, 1.82) is 5.26 Å². The number of amides is 2. The maximum Gasteiger partial charge on any atom is 0.320 e. The van der Waals surface area contributed by atoms with Crippen LogP contribution in [0.1, 0.15) is 31.0 Å². The highest BCUT2D eigenvalue weighted by atomic mass is 16.2. The molecule has 0 atom stereocenters. The molecular formula is C23H26N8O. The SMILES string of the molecule is CCNC(=O)Nc1cc(CC2CCN(c3ccc(-n4cccn4)nc3C#N)CC2)ccn1. The number of hydrogen-bond acceptors (Lipinski definition) is 6. The molecule has 0 aliphatic carbocycles. The number of carbonyl (C=O) groups excluding carboxylic acids is 1. The van der Waals surface area contributed by atoms with Gasteiger partial charge in [-0.1, -0.05) is 0 Å². The Morgan fingerprint density at radius 1 is 1.25 bits per heavy atom. The van der Waals surface area contributed by atoms with Gasteiger partial charge in [0.05, 0.1) is 5.69 Å². The smallest absolute Gasteiger partial charge is 0.320 e. The fourth-order valence-corrected chi connectivity index (χ4v) is 4.01. The second kappa shape index (κ2) is 9.92. The lowest BCUT2D eigenvalue weighted by molar-refractivity contribution is 0.252. The molecule has 1 fully saturated rings. The molecule has 0 saturated carbocycles. The van der Waals surface area contributed by atoms with Crippen LogP contribution in [0.5, 0.6) is 0 Å². The zero-order chi connectivity index (χ0) is 22.3. The summed E-state index contributed by atoms with van der Waals surface area (Å²) >= 11 is 0. The number of hydrogen-bond donors (Lipinski definition) is 2. The van der Waals surface area contributed by atoms with Gasteiger partial charge in [0.2, 0.25) is 0 Å². The summed E-state index contributed by atoms with van der Waals surface area (Å²) < 4.78 is 1.65. The molecule has 0 aromatic carbocycles. The predicted octanol–water partition coefficient (Wildman–Crippen LogP) is 3.13. The van der Waals surface area contributed by atoms with E-state index in [1.165, 1.54) is 0 Å². The first-order valence-electron chi connectivity index (χ1n) is 10.8. The Kier molecular flexibility index (Phi) is 6.60. The van der Waals surface area contributed by atoms with E-state index in [1.54, 1.807) is 17.1 Å². The summed E-state index contributed by atoms with van der Waals surface area (Å²) in [6, 6.07) is 11.6. The van der Waals surface area contributed by atoms with Crippen LogP contribution in [0.2, 0.25) is 0 Å². The minimum Gasteiger partial charge on any atom is -0.369 e. The van der Waals surface area contributed by atoms with E-state index in [2.05, 4.69) is 36.7 Å². The molecule has 164 valence electrons. The maximum absolute atomic E-state index is 11.7. The molecule has 4 heterocycles. The molecule has 1 saturated heterocycles. The summed E-state index contributed by atoms with van der Waals surface area (Å²) in [5, 5.41) is 19.3. The normalized spacial score (nSPS) is 14.1. The first-order valence-corrected chi connectivity index (χ1v) is 10.8. The number of aromatic nitrogens is 4. The fraction of sp³-hybridized carbons (Fsp3) is 0.348. The van der Waals surface area contributed by atoms with Crippen LogP contribution in [0, 0.1) is 17.2 Å². The molecule has 1 aliphatic heterocycles. The minimum absolute atomic E-state index is 0.245. The van der Waals surface area contributed by atoms with Crippen molar-refractivity contribution in [2.45, 2.75) is 26.2 Å². The number of carbonyl (C=O) groups is 1. The fourth-order valence-electron chi connectivity index (χ4n) is 4.01. The molecule has 0 spiro atoms. The van der Waals surface area contributed by atoms with Gasteiger partial charge in [-0.25, -0.2) is 19.4 Å². The molecule has 1 aliphatic rings. The Hall–Kier alpha value is -3.93. The van der Waals surface area contributed by atoms with Crippen molar-refractivity contribution in [2.24, 2.45) is 5.92 Å². The van der Waals surface area contributed by atoms with Crippen molar-refractivity contribution in [3.05, 3.63) is 60.2 Å². The number of rotatable bonds is 6. The van der Waals surface area contributed by atoms with Crippen LogP contribution in [0.4, 0.5) is 16.3 Å². The van der Waals surface area contributed by atoms with Crippen LogP contribution < -0.4 is 15.5 Å². The maximum atomic E-state index is 11.7. The van der Waals surface area contributed by atoms with E-state index >= 15 is 0 Å². The van der Waals surface area contributed by atoms with Gasteiger partial charge in [0.15, 0.2) is 11.5 Å². The van der Waals surface area contributed by atoms with E-state index in [0.717, 1.165) is 43.6 Å². The molecular weight excluding hydrogens is 404 g/mol. The van der Waals surface area contributed by atoms with Gasteiger partial charge in [0.1, 0.15) is 11.9 Å². The van der Waals surface area contributed by atoms with Crippen molar-refractivity contribution in [2.75, 3.05) is 29.9 Å². The van der Waals surface area contributed by atoms with Crippen LogP contribution in [0.25, 0.3) is 5.82 Å². The van der Waals surface area contributed by atoms with E-state index < -0.39 is 0 Å². The van der Waals surface area contributed by atoms with Crippen molar-refractivity contribution in [3.63, 3.8) is 0 Å². The molecule has 0 radical (unpaired) electrons. The van der Waals surface area contributed by atoms with Crippen LogP contribution in [0.3, 0.4) is 0 Å². The summed E-state index contributed by atoms with van der Waals surface area (Å²) in [5.41, 5.74) is 2.46. The highest BCUT2D eigenvalue weighted by Gasteiger charge is 2.22. The third-order valence-electron chi connectivity index (χ3n) is 5.59. The number of nitrogens with zero attached hydrogens (tertiary/aromatic N) is 6. The highest BCUT2D eigenvalue weighted by molar-refractivity contribution is 5.88. The topological polar surface area (TPSA) is 112 Å². The Balaban J connectivity index is 1.37. The zero-order valence-electron chi connectivity index (χ0n) is 18.0. The number of piperidine rings is 1. The average molecular weight is 431 g/mol. The van der Waals surface area contributed by atoms with Gasteiger partial charge in [-0.2, -0.15) is 10.4 Å². The van der Waals surface area contributed by atoms with Gasteiger partial charge in [-0.15, -0.1) is 0 Å². The van der Waals surface area contributed by atoms with E-state index in [4.69, 9.17) is 0 Å². The predicted molar refractivity (Wildman–Crippen MR) is 122 cm³/mol. The molecule has 0 unspecified atom stereocenters. The number of pyridine rings is 2. The number of urea groups is 1. The average Bonchev–Trinajstić information content (AvgIpc) is 3.35. The van der Waals surface area contributed by atoms with E-state index in [1.807, 2.05) is 43.5 Å².